The van der Waals surface area contributed by atoms with Crippen LogP contribution in [0, 0.1) is 18.3 Å². The third kappa shape index (κ3) is 1.39. The first-order valence-electron chi connectivity index (χ1n) is 3.56. The minimum atomic E-state index is -0.639. The molecular formula is C8H8N2O3. The van der Waals surface area contributed by atoms with Gasteiger partial charge in [-0.1, -0.05) is 0 Å². The van der Waals surface area contributed by atoms with Crippen LogP contribution in [0.15, 0.2) is 10.9 Å². The Bertz CT molecular complexity index is 428. The summed E-state index contributed by atoms with van der Waals surface area (Å²) in [7, 11) is 0. The zero-order chi connectivity index (χ0) is 10.0. The number of aryl methyl sites for hydroxylation is 1. The number of aromatic nitrogens is 1. The van der Waals surface area contributed by atoms with Crippen molar-refractivity contribution in [2.45, 2.75) is 13.7 Å². The van der Waals surface area contributed by atoms with Gasteiger partial charge in [0.1, 0.15) is 18.4 Å². The summed E-state index contributed by atoms with van der Waals surface area (Å²) in [6, 6.07) is 2.93. The van der Waals surface area contributed by atoms with Crippen LogP contribution in [0.4, 0.5) is 0 Å². The van der Waals surface area contributed by atoms with E-state index < -0.39 is 18.2 Å². The van der Waals surface area contributed by atoms with E-state index in [4.69, 9.17) is 10.4 Å². The Hall–Kier alpha value is -1.80. The fourth-order valence-corrected chi connectivity index (χ4v) is 1.03. The molecule has 1 heterocycles. The predicted octanol–water partition coefficient (Wildman–Crippen LogP) is -0.316. The van der Waals surface area contributed by atoms with Gasteiger partial charge < -0.3 is 10.2 Å². The predicted molar refractivity (Wildman–Crippen MR) is 44.0 cm³/mol. The molecule has 0 atom stereocenters. The fraction of sp³-hybridized carbons (Fsp3) is 0.250. The highest BCUT2D eigenvalue weighted by Crippen LogP contribution is 2.16. The number of pyridine rings is 1. The molecule has 0 spiro atoms. The van der Waals surface area contributed by atoms with Gasteiger partial charge in [0.05, 0.1) is 0 Å². The monoisotopic (exact) mass is 180 g/mol. The average molecular weight is 180 g/mol. The van der Waals surface area contributed by atoms with Crippen molar-refractivity contribution < 1.29 is 10.2 Å². The molecule has 13 heavy (non-hydrogen) atoms. The number of aliphatic hydroxyl groups excluding tert-OH is 1. The van der Waals surface area contributed by atoms with Crippen LogP contribution in [0.5, 0.6) is 5.88 Å². The Balaban J connectivity index is 3.60. The summed E-state index contributed by atoms with van der Waals surface area (Å²) in [6.07, 6.45) is 0. The van der Waals surface area contributed by atoms with E-state index in [1.54, 1.807) is 13.0 Å². The van der Waals surface area contributed by atoms with Gasteiger partial charge in [-0.05, 0) is 12.5 Å². The fourth-order valence-electron chi connectivity index (χ4n) is 1.03. The quantitative estimate of drug-likeness (QED) is 0.620. The zero-order valence-corrected chi connectivity index (χ0v) is 6.98. The smallest absolute Gasteiger partial charge is 0.255 e. The minimum Gasteiger partial charge on any atom is -0.493 e. The summed E-state index contributed by atoms with van der Waals surface area (Å²) in [5.41, 5.74) is -0.125. The lowest BCUT2D eigenvalue weighted by Crippen LogP contribution is -2.20. The van der Waals surface area contributed by atoms with Crippen LogP contribution in [-0.4, -0.2) is 14.8 Å². The van der Waals surface area contributed by atoms with Gasteiger partial charge in [-0.15, -0.1) is 0 Å². The molecule has 5 heteroatoms. The van der Waals surface area contributed by atoms with Gasteiger partial charge in [0.25, 0.3) is 5.56 Å². The molecule has 0 amide bonds. The van der Waals surface area contributed by atoms with Crippen LogP contribution in [0.2, 0.25) is 0 Å². The molecule has 2 N–H and O–H groups in total. The molecule has 0 aliphatic rings. The molecule has 0 aliphatic carbocycles. The summed E-state index contributed by atoms with van der Waals surface area (Å²) in [4.78, 5) is 11.1. The minimum absolute atomic E-state index is 0.00801. The molecule has 1 rings (SSSR count). The van der Waals surface area contributed by atoms with Crippen molar-refractivity contribution in [1.29, 1.82) is 5.26 Å². The first kappa shape index (κ1) is 9.29. The van der Waals surface area contributed by atoms with Gasteiger partial charge in [0.15, 0.2) is 0 Å². The third-order valence-corrected chi connectivity index (χ3v) is 1.73. The van der Waals surface area contributed by atoms with E-state index in [9.17, 15) is 9.90 Å². The molecule has 1 aromatic heterocycles. The molecule has 0 unspecified atom stereocenters. The summed E-state index contributed by atoms with van der Waals surface area (Å²) in [6.45, 7) is 0.904. The summed E-state index contributed by atoms with van der Waals surface area (Å²) < 4.78 is 0.714. The lowest BCUT2D eigenvalue weighted by Gasteiger charge is -2.06. The molecule has 0 radical (unpaired) electrons. The molecule has 0 saturated carbocycles. The maximum atomic E-state index is 11.1. The second-order valence-corrected chi connectivity index (χ2v) is 2.55. The Morgan fingerprint density at radius 2 is 2.31 bits per heavy atom. The van der Waals surface area contributed by atoms with Crippen LogP contribution in [-0.2, 0) is 6.73 Å². The Morgan fingerprint density at radius 1 is 1.69 bits per heavy atom. The Morgan fingerprint density at radius 3 is 2.77 bits per heavy atom. The largest absolute Gasteiger partial charge is 0.493 e. The van der Waals surface area contributed by atoms with E-state index in [0.717, 1.165) is 0 Å². The van der Waals surface area contributed by atoms with E-state index in [0.29, 0.717) is 10.1 Å². The van der Waals surface area contributed by atoms with Gasteiger partial charge in [-0.2, -0.15) is 5.26 Å². The van der Waals surface area contributed by atoms with E-state index in [1.165, 1.54) is 6.07 Å². The van der Waals surface area contributed by atoms with Crippen molar-refractivity contribution in [2.24, 2.45) is 0 Å². The maximum absolute atomic E-state index is 11.1. The van der Waals surface area contributed by atoms with Gasteiger partial charge in [-0.3, -0.25) is 9.36 Å². The van der Waals surface area contributed by atoms with E-state index in [1.807, 2.05) is 0 Å². The standard InChI is InChI=1S/C8H8N2O3/c1-5-2-7(12)10(4-11)8(13)6(5)3-9/h2,11,13H,4H2,1H3. The highest BCUT2D eigenvalue weighted by molar-refractivity contribution is 5.43. The molecular weight excluding hydrogens is 172 g/mol. The highest BCUT2D eigenvalue weighted by Gasteiger charge is 2.10. The molecule has 0 aliphatic heterocycles. The van der Waals surface area contributed by atoms with Gasteiger partial charge in [-0.25, -0.2) is 0 Å². The third-order valence-electron chi connectivity index (χ3n) is 1.73. The maximum Gasteiger partial charge on any atom is 0.255 e. The summed E-state index contributed by atoms with van der Waals surface area (Å²) >= 11 is 0. The highest BCUT2D eigenvalue weighted by atomic mass is 16.3. The number of aromatic hydroxyl groups is 1. The van der Waals surface area contributed by atoms with Crippen LogP contribution in [0.1, 0.15) is 11.1 Å². The van der Waals surface area contributed by atoms with Crippen molar-refractivity contribution in [3.63, 3.8) is 0 Å². The van der Waals surface area contributed by atoms with Crippen molar-refractivity contribution in [2.75, 3.05) is 0 Å². The lowest BCUT2D eigenvalue weighted by molar-refractivity contribution is 0.190. The van der Waals surface area contributed by atoms with Crippen molar-refractivity contribution in [3.05, 3.63) is 27.5 Å². The van der Waals surface area contributed by atoms with E-state index in [2.05, 4.69) is 0 Å². The molecule has 1 aromatic rings. The average Bonchev–Trinajstić information content (AvgIpc) is 2.04. The molecule has 0 saturated heterocycles. The summed E-state index contributed by atoms with van der Waals surface area (Å²) in [5.74, 6) is -0.491. The Labute approximate surface area is 74.1 Å². The molecule has 0 aromatic carbocycles. The number of hydrogen-bond acceptors (Lipinski definition) is 4. The summed E-state index contributed by atoms with van der Waals surface area (Å²) in [5, 5.41) is 26.6. The van der Waals surface area contributed by atoms with E-state index in [-0.39, 0.29) is 5.56 Å². The van der Waals surface area contributed by atoms with Crippen LogP contribution in [0.25, 0.3) is 0 Å². The number of rotatable bonds is 1. The first-order valence-corrected chi connectivity index (χ1v) is 3.56. The SMILES string of the molecule is Cc1cc(=O)n(CO)c(O)c1C#N. The van der Waals surface area contributed by atoms with Gasteiger partial charge >= 0.3 is 0 Å². The topological polar surface area (TPSA) is 86.2 Å². The van der Waals surface area contributed by atoms with Crippen molar-refractivity contribution >= 4 is 0 Å². The number of aliphatic hydroxyl groups is 1. The Kier molecular flexibility index (Phi) is 2.35. The van der Waals surface area contributed by atoms with Crippen molar-refractivity contribution in [3.8, 4) is 11.9 Å². The van der Waals surface area contributed by atoms with Crippen LogP contribution >= 0.6 is 0 Å². The number of nitriles is 1. The van der Waals surface area contributed by atoms with Gasteiger partial charge in [0.2, 0.25) is 5.88 Å². The van der Waals surface area contributed by atoms with Gasteiger partial charge in [0, 0.05) is 6.07 Å². The van der Waals surface area contributed by atoms with Crippen molar-refractivity contribution in [1.82, 2.24) is 4.57 Å². The molecule has 68 valence electrons. The molecule has 0 bridgehead atoms. The normalized spacial score (nSPS) is 9.62. The second-order valence-electron chi connectivity index (χ2n) is 2.55. The van der Waals surface area contributed by atoms with E-state index >= 15 is 0 Å². The molecule has 0 fully saturated rings. The number of nitrogens with zero attached hydrogens (tertiary/aromatic N) is 2. The zero-order valence-electron chi connectivity index (χ0n) is 6.98. The van der Waals surface area contributed by atoms with Crippen LogP contribution in [0.3, 0.4) is 0 Å². The second kappa shape index (κ2) is 3.29. The van der Waals surface area contributed by atoms with Crippen LogP contribution < -0.4 is 5.56 Å². The molecule has 5 nitrogen and oxygen atoms in total. The first-order chi connectivity index (χ1) is 6.11. The lowest BCUT2D eigenvalue weighted by atomic mass is 10.1. The number of hydrogen-bond donors (Lipinski definition) is 2.